The van der Waals surface area contributed by atoms with Crippen molar-refractivity contribution in [3.63, 3.8) is 0 Å². The number of nitrogens with one attached hydrogen (secondary N) is 2. The van der Waals surface area contributed by atoms with Crippen molar-refractivity contribution in [1.82, 2.24) is 24.8 Å². The number of carbonyl (C=O) groups is 1. The van der Waals surface area contributed by atoms with Gasteiger partial charge in [0.05, 0.1) is 16.5 Å². The number of carbonyl (C=O) groups excluding carboxylic acids is 1. The molecule has 0 bridgehead atoms. The summed E-state index contributed by atoms with van der Waals surface area (Å²) in [6, 6.07) is 5.36. The van der Waals surface area contributed by atoms with Crippen molar-refractivity contribution >= 4 is 40.3 Å². The Labute approximate surface area is 167 Å². The Morgan fingerprint density at radius 3 is 2.96 bits per heavy atom. The van der Waals surface area contributed by atoms with Crippen LogP contribution in [0.5, 0.6) is 0 Å². The lowest BCUT2D eigenvalue weighted by Crippen LogP contribution is -2.53. The van der Waals surface area contributed by atoms with Gasteiger partial charge in [-0.1, -0.05) is 18.5 Å². The fourth-order valence-corrected chi connectivity index (χ4v) is 3.78. The summed E-state index contributed by atoms with van der Waals surface area (Å²) in [6.07, 6.45) is 5.86. The molecule has 0 spiro atoms. The third-order valence-electron chi connectivity index (χ3n) is 5.33. The largest absolute Gasteiger partial charge is 0.354 e. The van der Waals surface area contributed by atoms with Gasteiger partial charge in [0, 0.05) is 32.5 Å². The Bertz CT molecular complexity index is 974. The minimum Gasteiger partial charge on any atom is -0.354 e. The predicted octanol–water partition coefficient (Wildman–Crippen LogP) is 3.39. The van der Waals surface area contributed by atoms with Crippen LogP contribution in [-0.4, -0.2) is 57.0 Å². The fraction of sp³-hybridized carbons (Fsp3) is 0.368. The topological polar surface area (TPSA) is 90.0 Å². The van der Waals surface area contributed by atoms with Crippen molar-refractivity contribution in [3.05, 3.63) is 41.9 Å². The normalized spacial score (nSPS) is 19.6. The number of amides is 2. The minimum atomic E-state index is -0.158. The first-order valence-corrected chi connectivity index (χ1v) is 9.59. The highest BCUT2D eigenvalue weighted by Crippen LogP contribution is 2.28. The van der Waals surface area contributed by atoms with Gasteiger partial charge in [0.15, 0.2) is 0 Å². The summed E-state index contributed by atoms with van der Waals surface area (Å²) in [6.45, 7) is 3.52. The fourth-order valence-electron chi connectivity index (χ4n) is 3.67. The van der Waals surface area contributed by atoms with E-state index in [4.69, 9.17) is 11.6 Å². The van der Waals surface area contributed by atoms with Crippen LogP contribution in [0.15, 0.2) is 36.9 Å². The molecular weight excluding hydrogens is 378 g/mol. The minimum absolute atomic E-state index is 0.144. The smallest absolute Gasteiger partial charge is 0.323 e. The van der Waals surface area contributed by atoms with Gasteiger partial charge in [-0.2, -0.15) is 0 Å². The van der Waals surface area contributed by atoms with Crippen molar-refractivity contribution in [2.45, 2.75) is 19.4 Å². The molecule has 8 nitrogen and oxygen atoms in total. The molecule has 1 aliphatic heterocycles. The molecule has 1 fully saturated rings. The molecule has 3 aromatic rings. The number of anilines is 2. The number of likely N-dealkylation sites (tertiary alicyclic amines) is 1. The molecule has 2 amide bonds. The molecule has 1 saturated heterocycles. The van der Waals surface area contributed by atoms with Crippen molar-refractivity contribution in [1.29, 1.82) is 0 Å². The highest BCUT2D eigenvalue weighted by Gasteiger charge is 2.32. The number of nitrogens with zero attached hydrogens (tertiary/aromatic N) is 5. The van der Waals surface area contributed by atoms with Crippen LogP contribution in [0.4, 0.5) is 16.4 Å². The van der Waals surface area contributed by atoms with E-state index in [1.807, 2.05) is 24.2 Å². The molecule has 0 aliphatic carbocycles. The number of rotatable bonds is 3. The summed E-state index contributed by atoms with van der Waals surface area (Å²) in [4.78, 5) is 32.7. The summed E-state index contributed by atoms with van der Waals surface area (Å²) in [5.41, 5.74) is 0.809. The van der Waals surface area contributed by atoms with Gasteiger partial charge in [0.1, 0.15) is 23.6 Å². The number of aromatic nitrogens is 4. The monoisotopic (exact) mass is 399 g/mol. The van der Waals surface area contributed by atoms with Gasteiger partial charge in [-0.25, -0.2) is 19.7 Å². The van der Waals surface area contributed by atoms with Crippen molar-refractivity contribution in [2.75, 3.05) is 30.4 Å². The van der Waals surface area contributed by atoms with E-state index in [1.54, 1.807) is 18.5 Å². The molecule has 0 aromatic carbocycles. The Kier molecular flexibility index (Phi) is 5.04. The van der Waals surface area contributed by atoms with Gasteiger partial charge in [-0.3, -0.25) is 5.32 Å². The average Bonchev–Trinajstić information content (AvgIpc) is 3.18. The van der Waals surface area contributed by atoms with Crippen LogP contribution in [0.2, 0.25) is 5.02 Å². The maximum absolute atomic E-state index is 12.7. The highest BCUT2D eigenvalue weighted by atomic mass is 35.5. The number of likely N-dealkylation sites (N-methyl/N-ethyl adjacent to an activating group) is 1. The quantitative estimate of drug-likeness (QED) is 0.704. The molecule has 146 valence electrons. The first-order chi connectivity index (χ1) is 13.5. The first-order valence-electron chi connectivity index (χ1n) is 9.21. The van der Waals surface area contributed by atoms with Crippen LogP contribution in [0.25, 0.3) is 11.0 Å². The SMILES string of the molecule is CC1CCN(C(=O)Nc2ccc(Cl)cn2)CC1N(C)c1ncnc2[nH]ccc12. The van der Waals surface area contributed by atoms with Crippen LogP contribution in [0.3, 0.4) is 0 Å². The second-order valence-corrected chi connectivity index (χ2v) is 7.56. The molecule has 9 heteroatoms. The molecule has 2 atom stereocenters. The molecule has 0 radical (unpaired) electrons. The summed E-state index contributed by atoms with van der Waals surface area (Å²) in [5, 5.41) is 4.36. The summed E-state index contributed by atoms with van der Waals surface area (Å²) >= 11 is 5.85. The van der Waals surface area contributed by atoms with E-state index in [0.29, 0.717) is 29.8 Å². The van der Waals surface area contributed by atoms with E-state index in [2.05, 4.69) is 37.1 Å². The molecule has 2 unspecified atom stereocenters. The highest BCUT2D eigenvalue weighted by molar-refractivity contribution is 6.30. The van der Waals surface area contributed by atoms with Crippen molar-refractivity contribution in [2.24, 2.45) is 5.92 Å². The van der Waals surface area contributed by atoms with E-state index in [0.717, 1.165) is 23.3 Å². The molecule has 4 heterocycles. The van der Waals surface area contributed by atoms with E-state index in [-0.39, 0.29) is 12.1 Å². The second-order valence-electron chi connectivity index (χ2n) is 7.12. The van der Waals surface area contributed by atoms with Gasteiger partial charge >= 0.3 is 6.03 Å². The predicted molar refractivity (Wildman–Crippen MR) is 110 cm³/mol. The number of urea groups is 1. The lowest BCUT2D eigenvalue weighted by atomic mass is 9.92. The maximum Gasteiger partial charge on any atom is 0.323 e. The zero-order valence-electron chi connectivity index (χ0n) is 15.8. The summed E-state index contributed by atoms with van der Waals surface area (Å²) in [7, 11) is 2.03. The van der Waals surface area contributed by atoms with E-state index < -0.39 is 0 Å². The molecule has 0 saturated carbocycles. The van der Waals surface area contributed by atoms with Crippen molar-refractivity contribution in [3.8, 4) is 0 Å². The van der Waals surface area contributed by atoms with E-state index in [1.165, 1.54) is 6.20 Å². The van der Waals surface area contributed by atoms with E-state index >= 15 is 0 Å². The van der Waals surface area contributed by atoms with Gasteiger partial charge in [-0.05, 0) is 30.5 Å². The number of pyridine rings is 1. The maximum atomic E-state index is 12.7. The zero-order chi connectivity index (χ0) is 19.7. The van der Waals surface area contributed by atoms with Crippen molar-refractivity contribution < 1.29 is 4.79 Å². The number of piperidine rings is 1. The zero-order valence-corrected chi connectivity index (χ0v) is 16.5. The third-order valence-corrected chi connectivity index (χ3v) is 5.56. The number of halogens is 1. The molecular formula is C19H22ClN7O. The Hall–Kier alpha value is -2.87. The number of hydrogen-bond acceptors (Lipinski definition) is 5. The van der Waals surface area contributed by atoms with Crippen LogP contribution < -0.4 is 10.2 Å². The van der Waals surface area contributed by atoms with Gasteiger partial charge < -0.3 is 14.8 Å². The Morgan fingerprint density at radius 1 is 1.32 bits per heavy atom. The Morgan fingerprint density at radius 2 is 2.18 bits per heavy atom. The lowest BCUT2D eigenvalue weighted by molar-refractivity contribution is 0.172. The third kappa shape index (κ3) is 3.60. The van der Waals surface area contributed by atoms with Crippen LogP contribution >= 0.6 is 11.6 Å². The molecule has 2 N–H and O–H groups in total. The number of fused-ring (bicyclic) bond motifs is 1. The van der Waals surface area contributed by atoms with Gasteiger partial charge in [0.25, 0.3) is 0 Å². The standard InChI is InChI=1S/C19H22ClN7O/c1-12-6-8-27(19(28)25-16-4-3-13(20)9-22-16)10-15(12)26(2)18-14-5-7-21-17(14)23-11-24-18/h3-5,7,9,11-12,15H,6,8,10H2,1-2H3,(H,21,23,24)(H,22,25,28). The number of aromatic amines is 1. The van der Waals surface area contributed by atoms with E-state index in [9.17, 15) is 4.79 Å². The summed E-state index contributed by atoms with van der Waals surface area (Å²) in [5.74, 6) is 1.78. The van der Waals surface area contributed by atoms with Crippen LogP contribution in [0.1, 0.15) is 13.3 Å². The number of H-pyrrole nitrogens is 1. The van der Waals surface area contributed by atoms with Crippen LogP contribution in [0, 0.1) is 5.92 Å². The molecule has 4 rings (SSSR count). The lowest BCUT2D eigenvalue weighted by Gasteiger charge is -2.42. The summed E-state index contributed by atoms with van der Waals surface area (Å²) < 4.78 is 0. The second kappa shape index (κ2) is 7.63. The molecule has 28 heavy (non-hydrogen) atoms. The molecule has 1 aliphatic rings. The Balaban J connectivity index is 1.50. The van der Waals surface area contributed by atoms with Gasteiger partial charge in [-0.15, -0.1) is 0 Å². The number of hydrogen-bond donors (Lipinski definition) is 2. The van der Waals surface area contributed by atoms with Crippen LogP contribution in [-0.2, 0) is 0 Å². The van der Waals surface area contributed by atoms with Gasteiger partial charge in [0.2, 0.25) is 0 Å². The average molecular weight is 400 g/mol. The first kappa shape index (κ1) is 18.5. The molecule has 3 aromatic heterocycles.